The molecule has 14 nitrogen and oxygen atoms in total. The Morgan fingerprint density at radius 1 is 0.500 bits per heavy atom. The summed E-state index contributed by atoms with van der Waals surface area (Å²) in [5.74, 6) is 9.28. The van der Waals surface area contributed by atoms with Crippen molar-refractivity contribution >= 4 is 23.8 Å². The minimum absolute atomic E-state index is 0.261. The van der Waals surface area contributed by atoms with E-state index < -0.39 is 0 Å². The lowest BCUT2D eigenvalue weighted by Crippen LogP contribution is -2.21. The number of anilines is 4. The normalized spacial score (nSPS) is 10.8. The van der Waals surface area contributed by atoms with Gasteiger partial charge in [0, 0.05) is 56.4 Å². The SMILES string of the molecule is CN(C)c1nc(-c2nnc(-c3nc(N(C)C)nc(N(C)C)n3)n2N)nc(N(C)C)n1. The van der Waals surface area contributed by atoms with Crippen molar-refractivity contribution in [2.24, 2.45) is 0 Å². The Balaban J connectivity index is 2.14. The highest BCUT2D eigenvalue weighted by atomic mass is 15.4. The molecule has 14 heteroatoms. The highest BCUT2D eigenvalue weighted by molar-refractivity contribution is 5.57. The molecule has 2 N–H and O–H groups in total. The van der Waals surface area contributed by atoms with Crippen molar-refractivity contribution in [3.05, 3.63) is 0 Å². The smallest absolute Gasteiger partial charge is 0.230 e. The zero-order chi connectivity index (χ0) is 22.2. The van der Waals surface area contributed by atoms with E-state index >= 15 is 0 Å². The number of nitrogens with two attached hydrogens (primary N) is 1. The summed E-state index contributed by atoms with van der Waals surface area (Å²) in [6, 6.07) is 0. The van der Waals surface area contributed by atoms with Gasteiger partial charge in [0.15, 0.2) is 0 Å². The molecule has 0 saturated carbocycles. The van der Waals surface area contributed by atoms with Crippen LogP contribution in [0.3, 0.4) is 0 Å². The molecule has 3 heterocycles. The summed E-state index contributed by atoms with van der Waals surface area (Å²) >= 11 is 0. The summed E-state index contributed by atoms with van der Waals surface area (Å²) in [5, 5.41) is 8.37. The molecule has 3 aromatic rings. The Kier molecular flexibility index (Phi) is 5.49. The first-order chi connectivity index (χ1) is 14.1. The maximum Gasteiger partial charge on any atom is 0.230 e. The third kappa shape index (κ3) is 3.97. The number of aromatic nitrogens is 9. The van der Waals surface area contributed by atoms with E-state index in [1.165, 1.54) is 4.68 Å². The number of hydrogen-bond donors (Lipinski definition) is 1. The van der Waals surface area contributed by atoms with Gasteiger partial charge in [-0.05, 0) is 0 Å². The first-order valence-electron chi connectivity index (χ1n) is 9.01. The second-order valence-electron chi connectivity index (χ2n) is 7.31. The topological polar surface area (TPSA) is 147 Å². The number of hydrogen-bond acceptors (Lipinski definition) is 13. The zero-order valence-electron chi connectivity index (χ0n) is 18.4. The summed E-state index contributed by atoms with van der Waals surface area (Å²) < 4.78 is 1.27. The monoisotopic (exact) mass is 414 g/mol. The first kappa shape index (κ1) is 20.9. The Labute approximate surface area is 174 Å². The predicted octanol–water partition coefficient (Wildman–Crippen LogP) is -1.04. The van der Waals surface area contributed by atoms with E-state index in [-0.39, 0.29) is 23.3 Å². The summed E-state index contributed by atoms with van der Waals surface area (Å²) in [5.41, 5.74) is 0. The quantitative estimate of drug-likeness (QED) is 0.490. The van der Waals surface area contributed by atoms with Crippen molar-refractivity contribution < 1.29 is 0 Å². The van der Waals surface area contributed by atoms with E-state index in [1.54, 1.807) is 19.6 Å². The van der Waals surface area contributed by atoms with Crippen LogP contribution < -0.4 is 25.4 Å². The average Bonchev–Trinajstić information content (AvgIpc) is 3.08. The van der Waals surface area contributed by atoms with Crippen molar-refractivity contribution in [2.75, 3.05) is 81.8 Å². The fraction of sp³-hybridized carbons (Fsp3) is 0.500. The molecule has 0 saturated heterocycles. The van der Waals surface area contributed by atoms with Crippen LogP contribution in [-0.2, 0) is 0 Å². The van der Waals surface area contributed by atoms with Gasteiger partial charge < -0.3 is 25.4 Å². The minimum atomic E-state index is 0.261. The second-order valence-corrected chi connectivity index (χ2v) is 7.31. The molecule has 0 bridgehead atoms. The third-order valence-electron chi connectivity index (χ3n) is 3.92. The van der Waals surface area contributed by atoms with E-state index in [2.05, 4.69) is 40.1 Å². The first-order valence-corrected chi connectivity index (χ1v) is 9.01. The molecule has 0 amide bonds. The molecule has 0 fully saturated rings. The summed E-state index contributed by atoms with van der Waals surface area (Å²) in [4.78, 5) is 33.7. The Morgan fingerprint density at radius 3 is 1.00 bits per heavy atom. The van der Waals surface area contributed by atoms with E-state index in [4.69, 9.17) is 5.84 Å². The van der Waals surface area contributed by atoms with E-state index in [1.807, 2.05) is 56.4 Å². The van der Waals surface area contributed by atoms with Crippen LogP contribution in [0.5, 0.6) is 0 Å². The van der Waals surface area contributed by atoms with Gasteiger partial charge >= 0.3 is 0 Å². The number of nitrogens with zero attached hydrogens (tertiary/aromatic N) is 13. The van der Waals surface area contributed by atoms with Gasteiger partial charge in [-0.2, -0.15) is 29.9 Å². The van der Waals surface area contributed by atoms with Crippen molar-refractivity contribution in [2.45, 2.75) is 0 Å². The molecule has 0 aliphatic carbocycles. The van der Waals surface area contributed by atoms with Gasteiger partial charge in [0.25, 0.3) is 0 Å². The molecule has 0 atom stereocenters. The van der Waals surface area contributed by atoms with Crippen LogP contribution in [0, 0.1) is 0 Å². The molecule has 0 radical (unpaired) electrons. The van der Waals surface area contributed by atoms with Gasteiger partial charge in [0.1, 0.15) is 0 Å². The third-order valence-corrected chi connectivity index (χ3v) is 3.92. The summed E-state index contributed by atoms with van der Waals surface area (Å²) in [6.45, 7) is 0. The summed E-state index contributed by atoms with van der Waals surface area (Å²) in [6.07, 6.45) is 0. The van der Waals surface area contributed by atoms with Gasteiger partial charge in [0.05, 0.1) is 0 Å². The second kappa shape index (κ2) is 7.88. The van der Waals surface area contributed by atoms with Gasteiger partial charge in [-0.3, -0.25) is 0 Å². The van der Waals surface area contributed by atoms with Crippen LogP contribution in [0.1, 0.15) is 0 Å². The van der Waals surface area contributed by atoms with Crippen LogP contribution in [0.2, 0.25) is 0 Å². The van der Waals surface area contributed by atoms with E-state index in [0.29, 0.717) is 23.8 Å². The molecule has 30 heavy (non-hydrogen) atoms. The van der Waals surface area contributed by atoms with Crippen molar-refractivity contribution in [3.8, 4) is 23.3 Å². The Bertz CT molecular complexity index is 905. The highest BCUT2D eigenvalue weighted by Crippen LogP contribution is 2.22. The van der Waals surface area contributed by atoms with Gasteiger partial charge in [-0.25, -0.2) is 4.68 Å². The lowest BCUT2D eigenvalue weighted by atomic mass is 10.5. The maximum atomic E-state index is 6.31. The van der Waals surface area contributed by atoms with E-state index in [9.17, 15) is 0 Å². The van der Waals surface area contributed by atoms with Crippen LogP contribution in [0.4, 0.5) is 23.8 Å². The van der Waals surface area contributed by atoms with Crippen LogP contribution in [-0.4, -0.2) is 101 Å². The molecule has 0 aromatic carbocycles. The van der Waals surface area contributed by atoms with Gasteiger partial charge in [-0.15, -0.1) is 10.2 Å². The fourth-order valence-electron chi connectivity index (χ4n) is 2.30. The minimum Gasteiger partial charge on any atom is -0.347 e. The van der Waals surface area contributed by atoms with Gasteiger partial charge in [0.2, 0.25) is 47.1 Å². The van der Waals surface area contributed by atoms with Crippen molar-refractivity contribution in [3.63, 3.8) is 0 Å². The van der Waals surface area contributed by atoms with Crippen LogP contribution in [0.25, 0.3) is 23.3 Å². The fourth-order valence-corrected chi connectivity index (χ4v) is 2.30. The number of nitrogen functional groups attached to an aromatic ring is 1. The maximum absolute atomic E-state index is 6.31. The highest BCUT2D eigenvalue weighted by Gasteiger charge is 2.22. The summed E-state index contributed by atoms with van der Waals surface area (Å²) in [7, 11) is 14.7. The average molecular weight is 414 g/mol. The molecule has 3 aromatic heterocycles. The molecule has 160 valence electrons. The number of rotatable bonds is 6. The molecule has 0 unspecified atom stereocenters. The molecular weight excluding hydrogens is 388 g/mol. The molecular formula is C16H26N14. The zero-order valence-corrected chi connectivity index (χ0v) is 18.4. The standard InChI is InChI=1S/C16H26N14/c1-26(2)13-18-9(19-14(22-13)27(3)4)11-24-25-12(30(11)17)10-20-15(28(5)6)23-16(21-10)29(7)8/h17H2,1-8H3. The molecule has 0 spiro atoms. The Hall–Kier alpha value is -3.84. The van der Waals surface area contributed by atoms with Crippen LogP contribution >= 0.6 is 0 Å². The van der Waals surface area contributed by atoms with Crippen molar-refractivity contribution in [1.29, 1.82) is 0 Å². The van der Waals surface area contributed by atoms with Crippen molar-refractivity contribution in [1.82, 2.24) is 44.8 Å². The molecule has 0 aliphatic rings. The largest absolute Gasteiger partial charge is 0.347 e. The van der Waals surface area contributed by atoms with E-state index in [0.717, 1.165) is 0 Å². The Morgan fingerprint density at radius 2 is 0.767 bits per heavy atom. The van der Waals surface area contributed by atoms with Gasteiger partial charge in [-0.1, -0.05) is 0 Å². The van der Waals surface area contributed by atoms with Crippen LogP contribution in [0.15, 0.2) is 0 Å². The predicted molar refractivity (Wildman–Crippen MR) is 115 cm³/mol. The lowest BCUT2D eigenvalue weighted by Gasteiger charge is -2.16. The molecule has 3 rings (SSSR count). The molecule has 0 aliphatic heterocycles. The lowest BCUT2D eigenvalue weighted by molar-refractivity contribution is 0.888.